The number of amides is 1. The topological polar surface area (TPSA) is 66.0 Å². The van der Waals surface area contributed by atoms with Crippen LogP contribution < -0.4 is 19.5 Å². The molecular formula is C22H27NO5. The average Bonchev–Trinajstić information content (AvgIpc) is 3.25. The predicted molar refractivity (Wildman–Crippen MR) is 106 cm³/mol. The number of ether oxygens (including phenoxy) is 4. The number of methoxy groups -OCH3 is 1. The Labute approximate surface area is 165 Å². The molecule has 1 aliphatic heterocycles. The highest BCUT2D eigenvalue weighted by Gasteiger charge is 2.17. The zero-order valence-electron chi connectivity index (χ0n) is 16.4. The molecular weight excluding hydrogens is 358 g/mol. The van der Waals surface area contributed by atoms with Crippen molar-refractivity contribution < 1.29 is 23.7 Å². The van der Waals surface area contributed by atoms with E-state index in [4.69, 9.17) is 18.9 Å². The minimum atomic E-state index is -0.128. The number of hydrogen-bond donors (Lipinski definition) is 1. The lowest BCUT2D eigenvalue weighted by atomic mass is 10.1. The molecule has 2 aromatic carbocycles. The predicted octanol–water partition coefficient (Wildman–Crippen LogP) is 3.58. The fourth-order valence-electron chi connectivity index (χ4n) is 3.14. The first kappa shape index (κ1) is 20.0. The fraction of sp³-hybridized carbons (Fsp3) is 0.409. The van der Waals surface area contributed by atoms with Crippen molar-refractivity contribution in [3.63, 3.8) is 0 Å². The van der Waals surface area contributed by atoms with Gasteiger partial charge in [-0.2, -0.15) is 0 Å². The molecule has 6 nitrogen and oxygen atoms in total. The van der Waals surface area contributed by atoms with Gasteiger partial charge in [0.05, 0.1) is 19.8 Å². The molecule has 2 aromatic rings. The van der Waals surface area contributed by atoms with Crippen molar-refractivity contribution in [1.29, 1.82) is 0 Å². The van der Waals surface area contributed by atoms with Gasteiger partial charge in [-0.25, -0.2) is 0 Å². The average molecular weight is 385 g/mol. The summed E-state index contributed by atoms with van der Waals surface area (Å²) < 4.78 is 22.5. The highest BCUT2D eigenvalue weighted by atomic mass is 16.5. The molecule has 1 aliphatic rings. The zero-order valence-corrected chi connectivity index (χ0v) is 16.4. The third-order valence-corrected chi connectivity index (χ3v) is 4.59. The Morgan fingerprint density at radius 3 is 2.68 bits per heavy atom. The van der Waals surface area contributed by atoms with Gasteiger partial charge < -0.3 is 24.3 Å². The van der Waals surface area contributed by atoms with E-state index in [2.05, 4.69) is 5.32 Å². The van der Waals surface area contributed by atoms with Crippen molar-refractivity contribution in [2.24, 2.45) is 0 Å². The molecule has 1 saturated heterocycles. The van der Waals surface area contributed by atoms with E-state index >= 15 is 0 Å². The number of nitrogens with one attached hydrogen (secondary N) is 1. The van der Waals surface area contributed by atoms with Crippen LogP contribution in [0.4, 0.5) is 0 Å². The van der Waals surface area contributed by atoms with Crippen LogP contribution in [0.2, 0.25) is 0 Å². The van der Waals surface area contributed by atoms with E-state index in [-0.39, 0.29) is 18.6 Å². The van der Waals surface area contributed by atoms with E-state index in [1.54, 1.807) is 13.2 Å². The summed E-state index contributed by atoms with van der Waals surface area (Å²) in [5.41, 5.74) is 1.37. The van der Waals surface area contributed by atoms with Crippen LogP contribution in [0.5, 0.6) is 17.2 Å². The Bertz CT molecular complexity index is 786. The first-order valence-corrected chi connectivity index (χ1v) is 9.62. The Hall–Kier alpha value is -2.73. The molecule has 0 radical (unpaired) electrons. The van der Waals surface area contributed by atoms with Gasteiger partial charge in [-0.3, -0.25) is 4.79 Å². The summed E-state index contributed by atoms with van der Waals surface area (Å²) in [4.78, 5) is 12.5. The third-order valence-electron chi connectivity index (χ3n) is 4.59. The maximum atomic E-state index is 12.5. The molecule has 1 amide bonds. The Morgan fingerprint density at radius 1 is 1.14 bits per heavy atom. The molecule has 3 rings (SSSR count). The van der Waals surface area contributed by atoms with E-state index in [0.29, 0.717) is 36.0 Å². The van der Waals surface area contributed by atoms with E-state index in [1.807, 2.05) is 43.3 Å². The van der Waals surface area contributed by atoms with Gasteiger partial charge in [0.25, 0.3) is 5.91 Å². The molecule has 0 aliphatic carbocycles. The standard InChI is InChI=1S/C22H27NO5/c1-3-26-19-11-10-16(22(24)23-14-18-7-6-12-27-18)13-17(19)15-28-21-9-5-4-8-20(21)25-2/h4-5,8-11,13,18H,3,6-7,12,14-15H2,1-2H3,(H,23,24)/t18-/m1/s1. The number of benzene rings is 2. The van der Waals surface area contributed by atoms with Gasteiger partial charge in [0.1, 0.15) is 12.4 Å². The minimum absolute atomic E-state index is 0.111. The van der Waals surface area contributed by atoms with Crippen LogP contribution in [0.3, 0.4) is 0 Å². The molecule has 0 unspecified atom stereocenters. The first-order valence-electron chi connectivity index (χ1n) is 9.62. The lowest BCUT2D eigenvalue weighted by molar-refractivity contribution is 0.0857. The van der Waals surface area contributed by atoms with Crippen LogP contribution in [0, 0.1) is 0 Å². The van der Waals surface area contributed by atoms with E-state index in [1.165, 1.54) is 0 Å². The highest BCUT2D eigenvalue weighted by molar-refractivity contribution is 5.94. The van der Waals surface area contributed by atoms with Crippen molar-refractivity contribution in [3.05, 3.63) is 53.6 Å². The third kappa shape index (κ3) is 5.16. The molecule has 0 bridgehead atoms. The summed E-state index contributed by atoms with van der Waals surface area (Å²) in [5.74, 6) is 1.87. The van der Waals surface area contributed by atoms with Gasteiger partial charge in [-0.1, -0.05) is 12.1 Å². The molecule has 1 N–H and O–H groups in total. The van der Waals surface area contributed by atoms with Gasteiger partial charge in [-0.15, -0.1) is 0 Å². The second-order valence-corrected chi connectivity index (χ2v) is 6.54. The van der Waals surface area contributed by atoms with Crippen molar-refractivity contribution in [3.8, 4) is 17.2 Å². The Morgan fingerprint density at radius 2 is 1.96 bits per heavy atom. The van der Waals surface area contributed by atoms with Gasteiger partial charge in [0, 0.05) is 24.3 Å². The van der Waals surface area contributed by atoms with E-state index in [9.17, 15) is 4.79 Å². The van der Waals surface area contributed by atoms with Crippen molar-refractivity contribution in [1.82, 2.24) is 5.32 Å². The van der Waals surface area contributed by atoms with Crippen molar-refractivity contribution >= 4 is 5.91 Å². The lowest BCUT2D eigenvalue weighted by Gasteiger charge is -2.15. The molecule has 6 heteroatoms. The Balaban J connectivity index is 1.70. The number of carbonyl (C=O) groups is 1. The number of rotatable bonds is 9. The monoisotopic (exact) mass is 385 g/mol. The maximum Gasteiger partial charge on any atom is 0.251 e. The fourth-order valence-corrected chi connectivity index (χ4v) is 3.14. The van der Waals surface area contributed by atoms with Crippen LogP contribution >= 0.6 is 0 Å². The van der Waals surface area contributed by atoms with Gasteiger partial charge in [-0.05, 0) is 50.1 Å². The smallest absolute Gasteiger partial charge is 0.251 e. The van der Waals surface area contributed by atoms with E-state index < -0.39 is 0 Å². The summed E-state index contributed by atoms with van der Waals surface area (Å²) in [7, 11) is 1.60. The summed E-state index contributed by atoms with van der Waals surface area (Å²) in [6.07, 6.45) is 2.15. The van der Waals surface area contributed by atoms with Crippen LogP contribution in [0.15, 0.2) is 42.5 Å². The highest BCUT2D eigenvalue weighted by Crippen LogP contribution is 2.28. The van der Waals surface area contributed by atoms with Gasteiger partial charge in [0.2, 0.25) is 0 Å². The lowest BCUT2D eigenvalue weighted by Crippen LogP contribution is -2.31. The maximum absolute atomic E-state index is 12.5. The summed E-state index contributed by atoms with van der Waals surface area (Å²) in [6.45, 7) is 4.02. The van der Waals surface area contributed by atoms with Crippen LogP contribution in [-0.4, -0.2) is 38.9 Å². The van der Waals surface area contributed by atoms with Crippen LogP contribution in [-0.2, 0) is 11.3 Å². The van der Waals surface area contributed by atoms with Gasteiger partial charge in [0.15, 0.2) is 11.5 Å². The van der Waals surface area contributed by atoms with Crippen molar-refractivity contribution in [2.45, 2.75) is 32.5 Å². The molecule has 1 atom stereocenters. The summed E-state index contributed by atoms with van der Waals surface area (Å²) in [6, 6.07) is 12.8. The molecule has 0 saturated carbocycles. The molecule has 28 heavy (non-hydrogen) atoms. The zero-order chi connectivity index (χ0) is 19.8. The normalized spacial score (nSPS) is 15.9. The number of carbonyl (C=O) groups excluding carboxylic acids is 1. The number of para-hydroxylation sites is 2. The first-order chi connectivity index (χ1) is 13.7. The molecule has 1 heterocycles. The quantitative estimate of drug-likeness (QED) is 0.715. The van der Waals surface area contributed by atoms with Crippen molar-refractivity contribution in [2.75, 3.05) is 26.9 Å². The largest absolute Gasteiger partial charge is 0.493 e. The summed E-state index contributed by atoms with van der Waals surface area (Å²) in [5, 5.41) is 2.95. The Kier molecular flexibility index (Phi) is 7.14. The van der Waals surface area contributed by atoms with Gasteiger partial charge >= 0.3 is 0 Å². The van der Waals surface area contributed by atoms with E-state index in [0.717, 1.165) is 25.0 Å². The molecule has 150 valence electrons. The summed E-state index contributed by atoms with van der Waals surface area (Å²) >= 11 is 0. The number of hydrogen-bond acceptors (Lipinski definition) is 5. The second-order valence-electron chi connectivity index (χ2n) is 6.54. The second kappa shape index (κ2) is 9.99. The molecule has 0 aromatic heterocycles. The molecule has 1 fully saturated rings. The SMILES string of the molecule is CCOc1ccc(C(=O)NC[C@H]2CCCO2)cc1COc1ccccc1OC. The van der Waals surface area contributed by atoms with Crippen LogP contribution in [0.1, 0.15) is 35.7 Å². The minimum Gasteiger partial charge on any atom is -0.493 e. The molecule has 0 spiro atoms. The van der Waals surface area contributed by atoms with Crippen LogP contribution in [0.25, 0.3) is 0 Å².